The molecule has 0 radical (unpaired) electrons. The van der Waals surface area contributed by atoms with Crippen molar-refractivity contribution in [3.8, 4) is 39.5 Å². The largest absolute Gasteiger partial charge is 0.506 e. The number of nitrogens with zero attached hydrogens (tertiary/aromatic N) is 4. The van der Waals surface area contributed by atoms with Gasteiger partial charge in [0.05, 0.1) is 30.1 Å². The van der Waals surface area contributed by atoms with Crippen molar-refractivity contribution in [1.29, 1.82) is 0 Å². The Labute approximate surface area is 251 Å². The molecule has 7 nitrogen and oxygen atoms in total. The lowest BCUT2D eigenvalue weighted by Crippen LogP contribution is -2.34. The fourth-order valence-corrected chi connectivity index (χ4v) is 5.66. The van der Waals surface area contributed by atoms with E-state index in [1.807, 2.05) is 58.3 Å². The van der Waals surface area contributed by atoms with Gasteiger partial charge in [-0.15, -0.1) is 0 Å². The van der Waals surface area contributed by atoms with Crippen LogP contribution in [0.3, 0.4) is 0 Å². The molecule has 0 aliphatic carbocycles. The van der Waals surface area contributed by atoms with Gasteiger partial charge in [-0.25, -0.2) is 0 Å². The summed E-state index contributed by atoms with van der Waals surface area (Å²) in [6.45, 7) is 8.68. The van der Waals surface area contributed by atoms with E-state index in [9.17, 15) is 10.2 Å². The molecule has 6 aromatic rings. The zero-order valence-corrected chi connectivity index (χ0v) is 25.0. The molecule has 0 saturated carbocycles. The molecule has 6 rings (SSSR count). The van der Waals surface area contributed by atoms with Gasteiger partial charge in [0, 0.05) is 57.7 Å². The van der Waals surface area contributed by atoms with Gasteiger partial charge < -0.3 is 14.9 Å². The zero-order chi connectivity index (χ0) is 30.2. The SMILES string of the molecule is COc1cc2c(ccc[n+]2Cc2ccnc3cc(-c4cnc(C(C)C)c(O)c4)ccc23)cc1-c1cnc(C(C)C)c(O)c1. The van der Waals surface area contributed by atoms with E-state index in [2.05, 4.69) is 56.0 Å². The van der Waals surface area contributed by atoms with Gasteiger partial charge in [-0.1, -0.05) is 39.8 Å². The number of aromatic nitrogens is 4. The first kappa shape index (κ1) is 28.1. The number of ether oxygens (including phenoxy) is 1. The summed E-state index contributed by atoms with van der Waals surface area (Å²) in [7, 11) is 1.66. The van der Waals surface area contributed by atoms with Crippen LogP contribution >= 0.6 is 0 Å². The van der Waals surface area contributed by atoms with E-state index in [1.165, 1.54) is 0 Å². The molecule has 0 atom stereocenters. The molecule has 0 aliphatic rings. The van der Waals surface area contributed by atoms with Gasteiger partial charge in [-0.2, -0.15) is 4.57 Å². The highest BCUT2D eigenvalue weighted by molar-refractivity contribution is 5.88. The minimum absolute atomic E-state index is 0.129. The molecule has 0 bridgehead atoms. The first-order chi connectivity index (χ1) is 20.7. The fraction of sp³-hybridized carbons (Fsp3) is 0.222. The van der Waals surface area contributed by atoms with Crippen LogP contribution in [0.15, 0.2) is 85.5 Å². The van der Waals surface area contributed by atoms with Gasteiger partial charge in [0.15, 0.2) is 12.7 Å². The standard InChI is InChI=1S/C36H34N4O3/c1-21(2)35-32(41)15-26(18-38-35)23-8-9-28-25(10-11-37-30(28)14-23)20-40-12-6-7-24-13-29(34(43-5)17-31(24)40)27-16-33(42)36(22(3)4)39-19-27/h6-19,21-22H,20H2,1-5H3,(H-,41,42)/p+1. The molecule has 7 heteroatoms. The monoisotopic (exact) mass is 571 g/mol. The Bertz CT molecular complexity index is 1980. The smallest absolute Gasteiger partial charge is 0.216 e. The van der Waals surface area contributed by atoms with Crippen LogP contribution in [-0.2, 0) is 6.54 Å². The molecule has 4 aromatic heterocycles. The predicted octanol–water partition coefficient (Wildman–Crippen LogP) is 7.51. The number of methoxy groups -OCH3 is 1. The second-order valence-corrected chi connectivity index (χ2v) is 11.5. The molecule has 2 aromatic carbocycles. The molecular weight excluding hydrogens is 536 g/mol. The number of aromatic hydroxyl groups is 2. The van der Waals surface area contributed by atoms with Crippen molar-refractivity contribution < 1.29 is 19.5 Å². The van der Waals surface area contributed by atoms with Crippen LogP contribution in [0.4, 0.5) is 0 Å². The van der Waals surface area contributed by atoms with Gasteiger partial charge in [-0.05, 0) is 53.8 Å². The highest BCUT2D eigenvalue weighted by Gasteiger charge is 2.19. The van der Waals surface area contributed by atoms with Crippen LogP contribution in [0.25, 0.3) is 44.1 Å². The molecule has 216 valence electrons. The maximum absolute atomic E-state index is 10.6. The van der Waals surface area contributed by atoms with E-state index >= 15 is 0 Å². The van der Waals surface area contributed by atoms with Gasteiger partial charge in [-0.3, -0.25) is 15.0 Å². The second kappa shape index (κ2) is 11.3. The molecule has 4 heterocycles. The van der Waals surface area contributed by atoms with E-state index < -0.39 is 0 Å². The lowest BCUT2D eigenvalue weighted by Gasteiger charge is -2.13. The van der Waals surface area contributed by atoms with E-state index in [4.69, 9.17) is 4.74 Å². The molecule has 0 aliphatic heterocycles. The quantitative estimate of drug-likeness (QED) is 0.193. The number of pyridine rings is 4. The summed E-state index contributed by atoms with van der Waals surface area (Å²) in [4.78, 5) is 13.7. The molecule has 0 saturated heterocycles. The summed E-state index contributed by atoms with van der Waals surface area (Å²) >= 11 is 0. The summed E-state index contributed by atoms with van der Waals surface area (Å²) in [6, 6.07) is 20.0. The van der Waals surface area contributed by atoms with Crippen LogP contribution in [0.5, 0.6) is 17.2 Å². The van der Waals surface area contributed by atoms with Gasteiger partial charge in [0.25, 0.3) is 0 Å². The minimum atomic E-state index is 0.129. The van der Waals surface area contributed by atoms with Crippen LogP contribution in [0, 0.1) is 0 Å². The summed E-state index contributed by atoms with van der Waals surface area (Å²) in [5.41, 5.74) is 7.87. The minimum Gasteiger partial charge on any atom is -0.506 e. The number of hydrogen-bond donors (Lipinski definition) is 2. The van der Waals surface area contributed by atoms with Crippen molar-refractivity contribution in [2.24, 2.45) is 0 Å². The van der Waals surface area contributed by atoms with Crippen molar-refractivity contribution in [1.82, 2.24) is 15.0 Å². The Balaban J connectivity index is 1.37. The molecule has 0 amide bonds. The average molecular weight is 572 g/mol. The number of hydrogen-bond acceptors (Lipinski definition) is 6. The van der Waals surface area contributed by atoms with Crippen LogP contribution < -0.4 is 9.30 Å². The van der Waals surface area contributed by atoms with Crippen molar-refractivity contribution in [3.05, 3.63) is 102 Å². The number of rotatable bonds is 7. The molecule has 0 unspecified atom stereocenters. The third-order valence-corrected chi connectivity index (χ3v) is 7.91. The molecule has 0 fully saturated rings. The molecular formula is C36H35N4O3+. The van der Waals surface area contributed by atoms with Crippen molar-refractivity contribution in [2.45, 2.75) is 46.1 Å². The van der Waals surface area contributed by atoms with Crippen molar-refractivity contribution >= 4 is 21.8 Å². The van der Waals surface area contributed by atoms with Gasteiger partial charge >= 0.3 is 0 Å². The summed E-state index contributed by atoms with van der Waals surface area (Å²) in [6.07, 6.45) is 7.51. The lowest BCUT2D eigenvalue weighted by molar-refractivity contribution is -0.662. The van der Waals surface area contributed by atoms with Crippen LogP contribution in [0.2, 0.25) is 0 Å². The van der Waals surface area contributed by atoms with E-state index in [0.717, 1.165) is 49.6 Å². The van der Waals surface area contributed by atoms with E-state index in [-0.39, 0.29) is 23.3 Å². The summed E-state index contributed by atoms with van der Waals surface area (Å²) < 4.78 is 8.03. The zero-order valence-electron chi connectivity index (χ0n) is 25.0. The third kappa shape index (κ3) is 5.34. The highest BCUT2D eigenvalue weighted by atomic mass is 16.5. The van der Waals surface area contributed by atoms with Gasteiger partial charge in [0.2, 0.25) is 5.52 Å². The Hall–Kier alpha value is -5.04. The first-order valence-corrected chi connectivity index (χ1v) is 14.5. The highest BCUT2D eigenvalue weighted by Crippen LogP contribution is 2.36. The van der Waals surface area contributed by atoms with Crippen molar-refractivity contribution in [2.75, 3.05) is 7.11 Å². The van der Waals surface area contributed by atoms with Crippen LogP contribution in [-0.4, -0.2) is 32.3 Å². The van der Waals surface area contributed by atoms with Crippen molar-refractivity contribution in [3.63, 3.8) is 0 Å². The van der Waals surface area contributed by atoms with E-state index in [1.54, 1.807) is 25.4 Å². The first-order valence-electron chi connectivity index (χ1n) is 14.5. The maximum atomic E-state index is 10.6. The second-order valence-electron chi connectivity index (χ2n) is 11.5. The maximum Gasteiger partial charge on any atom is 0.216 e. The number of benzene rings is 2. The third-order valence-electron chi connectivity index (χ3n) is 7.91. The van der Waals surface area contributed by atoms with E-state index in [0.29, 0.717) is 23.7 Å². The van der Waals surface area contributed by atoms with Gasteiger partial charge in [0.1, 0.15) is 17.2 Å². The Morgan fingerprint density at radius 2 is 1.47 bits per heavy atom. The fourth-order valence-electron chi connectivity index (χ4n) is 5.66. The Morgan fingerprint density at radius 3 is 2.14 bits per heavy atom. The topological polar surface area (TPSA) is 92.2 Å². The number of fused-ring (bicyclic) bond motifs is 2. The molecule has 0 spiro atoms. The molecule has 43 heavy (non-hydrogen) atoms. The summed E-state index contributed by atoms with van der Waals surface area (Å²) in [5.74, 6) is 1.38. The predicted molar refractivity (Wildman–Crippen MR) is 170 cm³/mol. The Kier molecular flexibility index (Phi) is 7.40. The molecule has 2 N–H and O–H groups in total. The summed E-state index contributed by atoms with van der Waals surface area (Å²) in [5, 5.41) is 23.2. The normalized spacial score (nSPS) is 11.6. The van der Waals surface area contributed by atoms with Crippen LogP contribution in [0.1, 0.15) is 56.5 Å². The lowest BCUT2D eigenvalue weighted by atomic mass is 10.00. The average Bonchev–Trinajstić information content (AvgIpc) is 3.00. The Morgan fingerprint density at radius 1 is 0.767 bits per heavy atom.